The summed E-state index contributed by atoms with van der Waals surface area (Å²) in [5, 5.41) is 3.31. The third-order valence-electron chi connectivity index (χ3n) is 5.28. The highest BCUT2D eigenvalue weighted by Crippen LogP contribution is 2.32. The van der Waals surface area contributed by atoms with Gasteiger partial charge in [-0.05, 0) is 43.4 Å². The maximum absolute atomic E-state index is 13.3. The number of methoxy groups -OCH3 is 1. The van der Waals surface area contributed by atoms with Gasteiger partial charge in [0.15, 0.2) is 0 Å². The Morgan fingerprint density at radius 1 is 1.40 bits per heavy atom. The van der Waals surface area contributed by atoms with Crippen molar-refractivity contribution in [1.29, 1.82) is 0 Å². The molecule has 0 aromatic heterocycles. The van der Waals surface area contributed by atoms with Gasteiger partial charge in [-0.3, -0.25) is 4.79 Å². The van der Waals surface area contributed by atoms with Crippen molar-refractivity contribution in [2.45, 2.75) is 38.7 Å². The number of benzene rings is 1. The van der Waals surface area contributed by atoms with Crippen molar-refractivity contribution < 1.29 is 14.3 Å². The number of amides is 1. The highest BCUT2D eigenvalue weighted by Gasteiger charge is 2.47. The van der Waals surface area contributed by atoms with Crippen molar-refractivity contribution in [3.63, 3.8) is 0 Å². The van der Waals surface area contributed by atoms with E-state index in [4.69, 9.17) is 9.47 Å². The van der Waals surface area contributed by atoms with Crippen LogP contribution in [0.15, 0.2) is 24.3 Å². The standard InChI is InChI=1S/C20H30N2O3/c1-3-10-25-18-8-5-9-22(13-18)19(23)20(14-21-15-20)12-16-6-4-7-17(11-16)24-2/h4,6-7,11,18,21H,3,5,8-10,12-15H2,1-2H3. The maximum Gasteiger partial charge on any atom is 0.231 e. The Labute approximate surface area is 150 Å². The van der Waals surface area contributed by atoms with E-state index < -0.39 is 0 Å². The van der Waals surface area contributed by atoms with Gasteiger partial charge >= 0.3 is 0 Å². The first-order valence-electron chi connectivity index (χ1n) is 9.41. The largest absolute Gasteiger partial charge is 0.497 e. The first-order chi connectivity index (χ1) is 12.2. The Kier molecular flexibility index (Phi) is 5.97. The summed E-state index contributed by atoms with van der Waals surface area (Å²) in [6, 6.07) is 8.06. The zero-order valence-electron chi connectivity index (χ0n) is 15.4. The third-order valence-corrected chi connectivity index (χ3v) is 5.28. The van der Waals surface area contributed by atoms with Crippen LogP contribution >= 0.6 is 0 Å². The van der Waals surface area contributed by atoms with E-state index in [-0.39, 0.29) is 17.4 Å². The van der Waals surface area contributed by atoms with Crippen molar-refractivity contribution in [1.82, 2.24) is 10.2 Å². The molecule has 138 valence electrons. The van der Waals surface area contributed by atoms with Crippen LogP contribution in [0.4, 0.5) is 0 Å². The van der Waals surface area contributed by atoms with Gasteiger partial charge < -0.3 is 19.7 Å². The van der Waals surface area contributed by atoms with Crippen molar-refractivity contribution >= 4 is 5.91 Å². The van der Waals surface area contributed by atoms with Gasteiger partial charge in [0.05, 0.1) is 18.6 Å². The molecule has 5 heteroatoms. The van der Waals surface area contributed by atoms with E-state index in [1.807, 2.05) is 23.1 Å². The summed E-state index contributed by atoms with van der Waals surface area (Å²) in [6.45, 7) is 5.99. The zero-order chi connectivity index (χ0) is 17.7. The molecule has 1 amide bonds. The van der Waals surface area contributed by atoms with Crippen molar-refractivity contribution in [2.75, 3.05) is 39.9 Å². The Morgan fingerprint density at radius 3 is 2.92 bits per heavy atom. The number of nitrogens with one attached hydrogen (secondary N) is 1. The molecule has 3 rings (SSSR count). The van der Waals surface area contributed by atoms with Crippen LogP contribution in [0.3, 0.4) is 0 Å². The SMILES string of the molecule is CCCOC1CCCN(C(=O)C2(Cc3cccc(OC)c3)CNC2)C1. The molecule has 5 nitrogen and oxygen atoms in total. The summed E-state index contributed by atoms with van der Waals surface area (Å²) in [5.74, 6) is 1.12. The predicted octanol–water partition coefficient (Wildman–Crippen LogP) is 2.24. The Morgan fingerprint density at radius 2 is 2.24 bits per heavy atom. The lowest BCUT2D eigenvalue weighted by molar-refractivity contribution is -0.149. The van der Waals surface area contributed by atoms with E-state index in [1.54, 1.807) is 7.11 Å². The van der Waals surface area contributed by atoms with Gasteiger partial charge in [0.2, 0.25) is 5.91 Å². The lowest BCUT2D eigenvalue weighted by atomic mass is 9.74. The fourth-order valence-corrected chi connectivity index (χ4v) is 3.83. The third kappa shape index (κ3) is 4.15. The summed E-state index contributed by atoms with van der Waals surface area (Å²) in [4.78, 5) is 15.3. The van der Waals surface area contributed by atoms with Crippen LogP contribution in [-0.4, -0.2) is 56.8 Å². The number of carbonyl (C=O) groups is 1. The molecule has 2 saturated heterocycles. The summed E-state index contributed by atoms with van der Waals surface area (Å²) in [5.41, 5.74) is 0.837. The van der Waals surface area contributed by atoms with E-state index >= 15 is 0 Å². The van der Waals surface area contributed by atoms with Crippen molar-refractivity contribution in [3.05, 3.63) is 29.8 Å². The molecule has 2 fully saturated rings. The van der Waals surface area contributed by atoms with Crippen LogP contribution in [0.5, 0.6) is 5.75 Å². The molecule has 2 heterocycles. The van der Waals surface area contributed by atoms with Gasteiger partial charge in [0, 0.05) is 32.8 Å². The Bertz CT molecular complexity index is 586. The number of piperidine rings is 1. The zero-order valence-corrected chi connectivity index (χ0v) is 15.4. The van der Waals surface area contributed by atoms with Crippen LogP contribution < -0.4 is 10.1 Å². The van der Waals surface area contributed by atoms with E-state index in [2.05, 4.69) is 18.3 Å². The molecule has 2 aliphatic rings. The minimum Gasteiger partial charge on any atom is -0.497 e. The molecule has 2 aliphatic heterocycles. The molecule has 1 aromatic rings. The molecule has 0 spiro atoms. The number of rotatable bonds is 7. The second-order valence-electron chi connectivity index (χ2n) is 7.30. The molecule has 25 heavy (non-hydrogen) atoms. The minimum atomic E-state index is -0.320. The molecule has 0 radical (unpaired) electrons. The lowest BCUT2D eigenvalue weighted by Gasteiger charge is -2.46. The second kappa shape index (κ2) is 8.19. The number of likely N-dealkylation sites (tertiary alicyclic amines) is 1. The van der Waals surface area contributed by atoms with E-state index in [0.717, 1.165) is 69.8 Å². The summed E-state index contributed by atoms with van der Waals surface area (Å²) in [7, 11) is 1.68. The highest BCUT2D eigenvalue weighted by atomic mass is 16.5. The van der Waals surface area contributed by atoms with Gasteiger partial charge in [-0.1, -0.05) is 19.1 Å². The van der Waals surface area contributed by atoms with Gasteiger partial charge in [0.1, 0.15) is 5.75 Å². The minimum absolute atomic E-state index is 0.194. The van der Waals surface area contributed by atoms with Gasteiger partial charge in [-0.15, -0.1) is 0 Å². The van der Waals surface area contributed by atoms with Crippen LogP contribution in [-0.2, 0) is 16.0 Å². The summed E-state index contributed by atoms with van der Waals surface area (Å²) in [6.07, 6.45) is 4.06. The topological polar surface area (TPSA) is 50.8 Å². The van der Waals surface area contributed by atoms with Gasteiger partial charge in [-0.25, -0.2) is 0 Å². The first kappa shape index (κ1) is 18.2. The highest BCUT2D eigenvalue weighted by molar-refractivity contribution is 5.85. The average molecular weight is 346 g/mol. The first-order valence-corrected chi connectivity index (χ1v) is 9.41. The molecule has 0 aliphatic carbocycles. The van der Waals surface area contributed by atoms with Gasteiger partial charge in [-0.2, -0.15) is 0 Å². The number of ether oxygens (including phenoxy) is 2. The Hall–Kier alpha value is -1.59. The predicted molar refractivity (Wildman–Crippen MR) is 97.8 cm³/mol. The maximum atomic E-state index is 13.3. The van der Waals surface area contributed by atoms with Crippen LogP contribution in [0, 0.1) is 5.41 Å². The second-order valence-corrected chi connectivity index (χ2v) is 7.30. The normalized spacial score (nSPS) is 22.3. The van der Waals surface area contributed by atoms with E-state index in [9.17, 15) is 4.79 Å². The van der Waals surface area contributed by atoms with Crippen molar-refractivity contribution in [3.8, 4) is 5.75 Å². The van der Waals surface area contributed by atoms with Crippen LogP contribution in [0.1, 0.15) is 31.7 Å². The molecule has 1 aromatic carbocycles. The molecule has 1 atom stereocenters. The Balaban J connectivity index is 1.67. The lowest BCUT2D eigenvalue weighted by Crippen LogP contribution is -2.64. The molecule has 0 bridgehead atoms. The fraction of sp³-hybridized carbons (Fsp3) is 0.650. The van der Waals surface area contributed by atoms with Crippen molar-refractivity contribution in [2.24, 2.45) is 5.41 Å². The molecule has 1 N–H and O–H groups in total. The van der Waals surface area contributed by atoms with Gasteiger partial charge in [0.25, 0.3) is 0 Å². The molecular weight excluding hydrogens is 316 g/mol. The fourth-order valence-electron chi connectivity index (χ4n) is 3.83. The van der Waals surface area contributed by atoms with E-state index in [1.165, 1.54) is 0 Å². The van der Waals surface area contributed by atoms with Crippen LogP contribution in [0.25, 0.3) is 0 Å². The summed E-state index contributed by atoms with van der Waals surface area (Å²) < 4.78 is 11.2. The quantitative estimate of drug-likeness (QED) is 0.823. The average Bonchev–Trinajstić information content (AvgIpc) is 2.63. The van der Waals surface area contributed by atoms with Crippen LogP contribution in [0.2, 0.25) is 0 Å². The number of carbonyl (C=O) groups excluding carboxylic acids is 1. The monoisotopic (exact) mass is 346 g/mol. The van der Waals surface area contributed by atoms with E-state index in [0.29, 0.717) is 0 Å². The smallest absolute Gasteiger partial charge is 0.231 e. The molecule has 1 unspecified atom stereocenters. The number of hydrogen-bond donors (Lipinski definition) is 1. The number of nitrogens with zero attached hydrogens (tertiary/aromatic N) is 1. The molecule has 0 saturated carbocycles. The summed E-state index contributed by atoms with van der Waals surface area (Å²) >= 11 is 0. The molecular formula is C20H30N2O3. The number of hydrogen-bond acceptors (Lipinski definition) is 4.